The Morgan fingerprint density at radius 2 is 1.68 bits per heavy atom. The number of anilines is 2. The van der Waals surface area contributed by atoms with Gasteiger partial charge in [0.15, 0.2) is 0 Å². The molecular formula is C15H17N3O. The zero-order valence-electron chi connectivity index (χ0n) is 10.5. The fourth-order valence-corrected chi connectivity index (χ4v) is 1.76. The Hall–Kier alpha value is -2.33. The zero-order valence-corrected chi connectivity index (χ0v) is 10.5. The molecule has 4 nitrogen and oxygen atoms in total. The maximum atomic E-state index is 11.9. The minimum absolute atomic E-state index is 0.192. The summed E-state index contributed by atoms with van der Waals surface area (Å²) in [5.41, 5.74) is 13.9. The van der Waals surface area contributed by atoms with E-state index in [2.05, 4.69) is 5.32 Å². The summed E-state index contributed by atoms with van der Waals surface area (Å²) in [4.78, 5) is 11.9. The van der Waals surface area contributed by atoms with Gasteiger partial charge in [0, 0.05) is 11.4 Å². The molecule has 5 N–H and O–H groups in total. The molecule has 19 heavy (non-hydrogen) atoms. The van der Waals surface area contributed by atoms with Crippen molar-refractivity contribution in [3.8, 4) is 0 Å². The molecule has 1 amide bonds. The molecule has 2 aromatic rings. The van der Waals surface area contributed by atoms with Crippen LogP contribution in [0.5, 0.6) is 0 Å². The zero-order chi connectivity index (χ0) is 13.7. The highest BCUT2D eigenvalue weighted by molar-refractivity contribution is 5.94. The monoisotopic (exact) mass is 255 g/mol. The van der Waals surface area contributed by atoms with Crippen molar-refractivity contribution in [2.45, 2.75) is 12.5 Å². The van der Waals surface area contributed by atoms with Gasteiger partial charge in [0.05, 0.1) is 6.04 Å². The van der Waals surface area contributed by atoms with Crippen LogP contribution < -0.4 is 16.8 Å². The first kappa shape index (κ1) is 13.1. The smallest absolute Gasteiger partial charge is 0.241 e. The number of nitrogens with one attached hydrogen (secondary N) is 1. The number of carbonyl (C=O) groups is 1. The minimum Gasteiger partial charge on any atom is -0.399 e. The summed E-state index contributed by atoms with van der Waals surface area (Å²) in [6.45, 7) is 0. The van der Waals surface area contributed by atoms with Crippen molar-refractivity contribution >= 4 is 17.3 Å². The predicted octanol–water partition coefficient (Wildman–Crippen LogP) is 1.78. The molecule has 0 saturated heterocycles. The molecule has 0 bridgehead atoms. The molecule has 1 unspecified atom stereocenters. The Morgan fingerprint density at radius 1 is 1.05 bits per heavy atom. The van der Waals surface area contributed by atoms with Crippen molar-refractivity contribution in [1.82, 2.24) is 0 Å². The van der Waals surface area contributed by atoms with Crippen LogP contribution in [0.25, 0.3) is 0 Å². The van der Waals surface area contributed by atoms with Crippen LogP contribution >= 0.6 is 0 Å². The summed E-state index contributed by atoms with van der Waals surface area (Å²) in [7, 11) is 0. The normalized spacial score (nSPS) is 11.8. The van der Waals surface area contributed by atoms with Crippen molar-refractivity contribution in [3.63, 3.8) is 0 Å². The molecule has 4 heteroatoms. The van der Waals surface area contributed by atoms with Crippen molar-refractivity contribution in [3.05, 3.63) is 60.2 Å². The van der Waals surface area contributed by atoms with Crippen LogP contribution in [0.2, 0.25) is 0 Å². The molecule has 0 aliphatic carbocycles. The average Bonchev–Trinajstić information content (AvgIpc) is 2.42. The van der Waals surface area contributed by atoms with Crippen LogP contribution in [0.1, 0.15) is 5.56 Å². The highest BCUT2D eigenvalue weighted by Crippen LogP contribution is 2.09. The van der Waals surface area contributed by atoms with Crippen LogP contribution in [0.3, 0.4) is 0 Å². The Morgan fingerprint density at radius 3 is 2.32 bits per heavy atom. The predicted molar refractivity (Wildman–Crippen MR) is 77.6 cm³/mol. The van der Waals surface area contributed by atoms with E-state index in [1.54, 1.807) is 12.1 Å². The van der Waals surface area contributed by atoms with Gasteiger partial charge in [-0.2, -0.15) is 0 Å². The van der Waals surface area contributed by atoms with E-state index >= 15 is 0 Å². The summed E-state index contributed by atoms with van der Waals surface area (Å²) in [5, 5.41) is 2.78. The molecule has 0 aliphatic rings. The maximum absolute atomic E-state index is 11.9. The molecule has 0 spiro atoms. The standard InChI is InChI=1S/C15H17N3O/c16-12-8-6-11(7-9-12)10-14(17)15(19)18-13-4-2-1-3-5-13/h1-9,14H,10,16-17H2,(H,18,19). The number of rotatable bonds is 4. The van der Waals surface area contributed by atoms with Crippen LogP contribution in [-0.2, 0) is 11.2 Å². The first-order valence-electron chi connectivity index (χ1n) is 6.11. The van der Waals surface area contributed by atoms with Crippen LogP contribution in [-0.4, -0.2) is 11.9 Å². The van der Waals surface area contributed by atoms with Gasteiger partial charge < -0.3 is 16.8 Å². The van der Waals surface area contributed by atoms with E-state index in [4.69, 9.17) is 11.5 Å². The second-order valence-electron chi connectivity index (χ2n) is 4.41. The number of amides is 1. The molecule has 0 fully saturated rings. The lowest BCUT2D eigenvalue weighted by atomic mass is 10.1. The average molecular weight is 255 g/mol. The number of nitrogens with two attached hydrogens (primary N) is 2. The molecule has 0 saturated carbocycles. The van der Waals surface area contributed by atoms with E-state index in [0.717, 1.165) is 11.3 Å². The summed E-state index contributed by atoms with van der Waals surface area (Å²) in [5.74, 6) is -0.192. The Bertz CT molecular complexity index is 537. The SMILES string of the molecule is Nc1ccc(CC(N)C(=O)Nc2ccccc2)cc1. The summed E-state index contributed by atoms with van der Waals surface area (Å²) < 4.78 is 0. The third-order valence-corrected chi connectivity index (χ3v) is 2.81. The van der Waals surface area contributed by atoms with Gasteiger partial charge in [0.2, 0.25) is 5.91 Å². The van der Waals surface area contributed by atoms with Gasteiger partial charge in [-0.3, -0.25) is 4.79 Å². The molecule has 98 valence electrons. The van der Waals surface area contributed by atoms with Gasteiger partial charge in [0.1, 0.15) is 0 Å². The lowest BCUT2D eigenvalue weighted by Gasteiger charge is -2.12. The molecule has 0 heterocycles. The summed E-state index contributed by atoms with van der Waals surface area (Å²) >= 11 is 0. The first-order valence-corrected chi connectivity index (χ1v) is 6.11. The van der Waals surface area contributed by atoms with Crippen LogP contribution in [0.4, 0.5) is 11.4 Å². The van der Waals surface area contributed by atoms with Crippen LogP contribution in [0, 0.1) is 0 Å². The van der Waals surface area contributed by atoms with E-state index in [0.29, 0.717) is 12.1 Å². The van der Waals surface area contributed by atoms with E-state index in [-0.39, 0.29) is 5.91 Å². The number of hydrogen-bond donors (Lipinski definition) is 3. The fourth-order valence-electron chi connectivity index (χ4n) is 1.76. The maximum Gasteiger partial charge on any atom is 0.241 e. The lowest BCUT2D eigenvalue weighted by Crippen LogP contribution is -2.37. The number of hydrogen-bond acceptors (Lipinski definition) is 3. The van der Waals surface area contributed by atoms with E-state index in [9.17, 15) is 4.79 Å². The molecule has 0 radical (unpaired) electrons. The quantitative estimate of drug-likeness (QED) is 0.728. The topological polar surface area (TPSA) is 81.1 Å². The molecule has 0 aliphatic heterocycles. The molecule has 2 aromatic carbocycles. The molecule has 1 atom stereocenters. The molecule has 0 aromatic heterocycles. The van der Waals surface area contributed by atoms with Gasteiger partial charge in [0.25, 0.3) is 0 Å². The fraction of sp³-hybridized carbons (Fsp3) is 0.133. The van der Waals surface area contributed by atoms with E-state index < -0.39 is 6.04 Å². The van der Waals surface area contributed by atoms with E-state index in [1.807, 2.05) is 42.5 Å². The van der Waals surface area contributed by atoms with Gasteiger partial charge in [-0.25, -0.2) is 0 Å². The van der Waals surface area contributed by atoms with Gasteiger partial charge in [-0.05, 0) is 36.2 Å². The highest BCUT2D eigenvalue weighted by atomic mass is 16.2. The van der Waals surface area contributed by atoms with Crippen molar-refractivity contribution in [1.29, 1.82) is 0 Å². The summed E-state index contributed by atoms with van der Waals surface area (Å²) in [6, 6.07) is 16.1. The van der Waals surface area contributed by atoms with Gasteiger partial charge in [-0.1, -0.05) is 30.3 Å². The first-order chi connectivity index (χ1) is 9.15. The van der Waals surface area contributed by atoms with Crippen molar-refractivity contribution in [2.24, 2.45) is 5.73 Å². The Kier molecular flexibility index (Phi) is 4.15. The van der Waals surface area contributed by atoms with Crippen molar-refractivity contribution in [2.75, 3.05) is 11.1 Å². The van der Waals surface area contributed by atoms with Gasteiger partial charge >= 0.3 is 0 Å². The molecular weight excluding hydrogens is 238 g/mol. The number of para-hydroxylation sites is 1. The largest absolute Gasteiger partial charge is 0.399 e. The highest BCUT2D eigenvalue weighted by Gasteiger charge is 2.13. The summed E-state index contributed by atoms with van der Waals surface area (Å²) in [6.07, 6.45) is 0.485. The molecule has 2 rings (SSSR count). The Labute approximate surface area is 112 Å². The van der Waals surface area contributed by atoms with E-state index in [1.165, 1.54) is 0 Å². The van der Waals surface area contributed by atoms with Gasteiger partial charge in [-0.15, -0.1) is 0 Å². The van der Waals surface area contributed by atoms with Crippen molar-refractivity contribution < 1.29 is 4.79 Å². The van der Waals surface area contributed by atoms with Crippen LogP contribution in [0.15, 0.2) is 54.6 Å². The minimum atomic E-state index is -0.580. The Balaban J connectivity index is 1.94. The number of carbonyl (C=O) groups excluding carboxylic acids is 1. The second kappa shape index (κ2) is 6.02. The third kappa shape index (κ3) is 3.82. The third-order valence-electron chi connectivity index (χ3n) is 2.81. The number of benzene rings is 2. The second-order valence-corrected chi connectivity index (χ2v) is 4.41. The number of nitrogen functional groups attached to an aromatic ring is 1. The lowest BCUT2D eigenvalue weighted by molar-refractivity contribution is -0.117.